The van der Waals surface area contributed by atoms with Gasteiger partial charge in [0.25, 0.3) is 0 Å². The van der Waals surface area contributed by atoms with E-state index in [1.807, 2.05) is 18.2 Å². The number of carboxylic acid groups (broad SMARTS) is 1. The Kier molecular flexibility index (Phi) is 5.12. The average Bonchev–Trinajstić information content (AvgIpc) is 3.41. The van der Waals surface area contributed by atoms with E-state index < -0.39 is 11.9 Å². The maximum atomic E-state index is 11.3. The van der Waals surface area contributed by atoms with Crippen LogP contribution in [0.25, 0.3) is 21.2 Å². The fourth-order valence-electron chi connectivity index (χ4n) is 4.09. The summed E-state index contributed by atoms with van der Waals surface area (Å²) in [5.41, 5.74) is 4.45. The zero-order valence-corrected chi connectivity index (χ0v) is 17.9. The molecule has 1 aromatic heterocycles. The minimum atomic E-state index is -0.806. The molecule has 2 heterocycles. The summed E-state index contributed by atoms with van der Waals surface area (Å²) in [5, 5.41) is 12.8. The summed E-state index contributed by atoms with van der Waals surface area (Å²) in [5.74, 6) is 0.0190. The first kappa shape index (κ1) is 19.6. The molecule has 0 radical (unpaired) electrons. The number of ether oxygens (including phenoxy) is 2. The van der Waals surface area contributed by atoms with Gasteiger partial charge in [0.1, 0.15) is 18.1 Å². The van der Waals surface area contributed by atoms with Crippen LogP contribution in [0.3, 0.4) is 0 Å². The van der Waals surface area contributed by atoms with Crippen molar-refractivity contribution in [3.05, 3.63) is 83.2 Å². The minimum Gasteiger partial charge on any atom is -0.492 e. The zero-order valence-electron chi connectivity index (χ0n) is 17.1. The number of carboxylic acids is 1. The van der Waals surface area contributed by atoms with Crippen LogP contribution in [0.1, 0.15) is 24.0 Å². The van der Waals surface area contributed by atoms with Crippen LogP contribution in [0, 0.1) is 5.92 Å². The molecule has 2 atom stereocenters. The molecule has 0 amide bonds. The number of thiophene rings is 1. The summed E-state index contributed by atoms with van der Waals surface area (Å²) in [6.07, 6.45) is 0. The van der Waals surface area contributed by atoms with Crippen molar-refractivity contribution >= 4 is 27.4 Å². The smallest absolute Gasteiger partial charge is 0.306 e. The first-order valence-electron chi connectivity index (χ1n) is 10.3. The van der Waals surface area contributed by atoms with Crippen LogP contribution >= 0.6 is 11.3 Å². The molecule has 1 N–H and O–H groups in total. The number of hydrogen-bond acceptors (Lipinski definition) is 4. The highest BCUT2D eigenvalue weighted by molar-refractivity contribution is 7.17. The van der Waals surface area contributed by atoms with Gasteiger partial charge < -0.3 is 14.6 Å². The summed E-state index contributed by atoms with van der Waals surface area (Å²) in [7, 11) is 0. The number of rotatable bonds is 6. The van der Waals surface area contributed by atoms with Gasteiger partial charge in [-0.2, -0.15) is 0 Å². The van der Waals surface area contributed by atoms with E-state index in [2.05, 4.69) is 53.9 Å². The Morgan fingerprint density at radius 1 is 1.16 bits per heavy atom. The quantitative estimate of drug-likeness (QED) is 0.388. The van der Waals surface area contributed by atoms with Crippen molar-refractivity contribution in [2.45, 2.75) is 19.4 Å². The lowest BCUT2D eigenvalue weighted by molar-refractivity contribution is -0.142. The van der Waals surface area contributed by atoms with E-state index in [9.17, 15) is 9.90 Å². The molecule has 5 heteroatoms. The van der Waals surface area contributed by atoms with Gasteiger partial charge in [-0.05, 0) is 34.7 Å². The Bertz CT molecular complexity index is 1260. The Morgan fingerprint density at radius 2 is 2.03 bits per heavy atom. The van der Waals surface area contributed by atoms with Crippen LogP contribution in [0.2, 0.25) is 0 Å². The van der Waals surface area contributed by atoms with Crippen LogP contribution in [-0.2, 0) is 11.4 Å². The highest BCUT2D eigenvalue weighted by atomic mass is 32.1. The van der Waals surface area contributed by atoms with Crippen LogP contribution in [0.5, 0.6) is 11.5 Å². The van der Waals surface area contributed by atoms with E-state index >= 15 is 0 Å². The summed E-state index contributed by atoms with van der Waals surface area (Å²) >= 11 is 1.76. The molecule has 3 aromatic carbocycles. The van der Waals surface area contributed by atoms with Gasteiger partial charge in [-0.1, -0.05) is 49.4 Å². The lowest BCUT2D eigenvalue weighted by atomic mass is 9.89. The van der Waals surface area contributed by atoms with Crippen molar-refractivity contribution in [2.75, 3.05) is 6.61 Å². The number of carbonyl (C=O) groups is 1. The van der Waals surface area contributed by atoms with E-state index in [1.54, 1.807) is 18.3 Å². The highest BCUT2D eigenvalue weighted by Crippen LogP contribution is 2.40. The summed E-state index contributed by atoms with van der Waals surface area (Å²) in [6.45, 7) is 2.56. The predicted octanol–water partition coefficient (Wildman–Crippen LogP) is 6.34. The van der Waals surface area contributed by atoms with Crippen molar-refractivity contribution in [2.24, 2.45) is 5.92 Å². The molecule has 0 spiro atoms. The Morgan fingerprint density at radius 3 is 2.90 bits per heavy atom. The molecule has 5 rings (SSSR count). The van der Waals surface area contributed by atoms with E-state index in [0.29, 0.717) is 24.7 Å². The molecule has 1 aliphatic heterocycles. The van der Waals surface area contributed by atoms with Crippen LogP contribution in [0.15, 0.2) is 72.1 Å². The molecule has 2 unspecified atom stereocenters. The molecule has 4 aromatic rings. The molecule has 31 heavy (non-hydrogen) atoms. The predicted molar refractivity (Wildman–Crippen MR) is 123 cm³/mol. The van der Waals surface area contributed by atoms with E-state index in [0.717, 1.165) is 11.1 Å². The molecule has 0 fully saturated rings. The van der Waals surface area contributed by atoms with Gasteiger partial charge in [-0.15, -0.1) is 11.3 Å². The fourth-order valence-corrected chi connectivity index (χ4v) is 5.06. The average molecular weight is 431 g/mol. The van der Waals surface area contributed by atoms with Gasteiger partial charge in [0.05, 0.1) is 12.5 Å². The van der Waals surface area contributed by atoms with Gasteiger partial charge in [0.2, 0.25) is 0 Å². The SMILES string of the molecule is CC(C(=O)O)C1COc2cc(OCc3cccc(-c4csc5ccccc45)c3)ccc21. The Balaban J connectivity index is 1.32. The zero-order chi connectivity index (χ0) is 21.4. The summed E-state index contributed by atoms with van der Waals surface area (Å²) in [6, 6.07) is 22.5. The molecule has 0 bridgehead atoms. The largest absolute Gasteiger partial charge is 0.492 e. The molecular formula is C26H22O4S. The second-order valence-corrected chi connectivity index (χ2v) is 8.79. The third-order valence-electron chi connectivity index (χ3n) is 5.92. The third-order valence-corrected chi connectivity index (χ3v) is 6.88. The normalized spacial score (nSPS) is 16.0. The Hall–Kier alpha value is -3.31. The second-order valence-electron chi connectivity index (χ2n) is 7.88. The van der Waals surface area contributed by atoms with Crippen molar-refractivity contribution in [1.82, 2.24) is 0 Å². The number of aliphatic carboxylic acids is 1. The first-order chi connectivity index (χ1) is 15.1. The van der Waals surface area contributed by atoms with Crippen molar-refractivity contribution < 1.29 is 19.4 Å². The minimum absolute atomic E-state index is 0.126. The maximum absolute atomic E-state index is 11.3. The molecule has 0 aliphatic carbocycles. The molecule has 0 saturated carbocycles. The first-order valence-corrected chi connectivity index (χ1v) is 11.2. The maximum Gasteiger partial charge on any atom is 0.306 e. The molecule has 0 saturated heterocycles. The second kappa shape index (κ2) is 8.08. The van der Waals surface area contributed by atoms with Crippen LogP contribution in [-0.4, -0.2) is 17.7 Å². The van der Waals surface area contributed by atoms with Gasteiger partial charge in [-0.25, -0.2) is 0 Å². The molecule has 156 valence electrons. The lowest BCUT2D eigenvalue weighted by Crippen LogP contribution is -2.19. The van der Waals surface area contributed by atoms with Gasteiger partial charge in [-0.3, -0.25) is 4.79 Å². The van der Waals surface area contributed by atoms with Crippen LogP contribution < -0.4 is 9.47 Å². The fraction of sp³-hybridized carbons (Fsp3) is 0.192. The number of hydrogen-bond donors (Lipinski definition) is 1. The topological polar surface area (TPSA) is 55.8 Å². The van der Waals surface area contributed by atoms with Crippen LogP contribution in [0.4, 0.5) is 0 Å². The van der Waals surface area contributed by atoms with Gasteiger partial charge >= 0.3 is 5.97 Å². The van der Waals surface area contributed by atoms with Crippen molar-refractivity contribution in [3.63, 3.8) is 0 Å². The molecule has 4 nitrogen and oxygen atoms in total. The van der Waals surface area contributed by atoms with Crippen molar-refractivity contribution in [3.8, 4) is 22.6 Å². The van der Waals surface area contributed by atoms with E-state index in [-0.39, 0.29) is 5.92 Å². The van der Waals surface area contributed by atoms with Gasteiger partial charge in [0, 0.05) is 33.2 Å². The van der Waals surface area contributed by atoms with E-state index in [1.165, 1.54) is 21.2 Å². The van der Waals surface area contributed by atoms with Crippen molar-refractivity contribution in [1.29, 1.82) is 0 Å². The summed E-state index contributed by atoms with van der Waals surface area (Å²) < 4.78 is 13.1. The lowest BCUT2D eigenvalue weighted by Gasteiger charge is -2.13. The third kappa shape index (κ3) is 3.77. The Labute approximate surface area is 184 Å². The number of fused-ring (bicyclic) bond motifs is 2. The monoisotopic (exact) mass is 430 g/mol. The molecule has 1 aliphatic rings. The highest BCUT2D eigenvalue weighted by Gasteiger charge is 2.33. The number of benzene rings is 3. The molecular weight excluding hydrogens is 408 g/mol. The van der Waals surface area contributed by atoms with E-state index in [4.69, 9.17) is 9.47 Å². The standard InChI is InChI=1S/C26H22O4S/c1-16(26(27)28)22-14-30-24-12-19(9-10-20(22)24)29-13-17-5-4-6-18(11-17)23-15-31-25-8-3-2-7-21(23)25/h2-12,15-16,22H,13-14H2,1H3,(H,27,28). The van der Waals surface area contributed by atoms with Gasteiger partial charge in [0.15, 0.2) is 0 Å². The summed E-state index contributed by atoms with van der Waals surface area (Å²) in [4.78, 5) is 11.3.